The summed E-state index contributed by atoms with van der Waals surface area (Å²) in [5.41, 5.74) is 0. The highest BCUT2D eigenvalue weighted by molar-refractivity contribution is 5.75. The number of hydrogen-bond acceptors (Lipinski definition) is 2. The molecule has 0 amide bonds. The molecule has 0 aromatic heterocycles. The van der Waals surface area contributed by atoms with Crippen molar-refractivity contribution < 1.29 is 22.7 Å². The molecule has 78 valence electrons. The lowest BCUT2D eigenvalue weighted by Crippen LogP contribution is -2.28. The first kappa shape index (κ1) is 12.4. The van der Waals surface area contributed by atoms with Crippen molar-refractivity contribution in [2.24, 2.45) is 0 Å². The van der Waals surface area contributed by atoms with Gasteiger partial charge in [-0.3, -0.25) is 0 Å². The summed E-state index contributed by atoms with van der Waals surface area (Å²) < 4.78 is 40.0. The normalized spacial score (nSPS) is 14.2. The van der Waals surface area contributed by atoms with E-state index < -0.39 is 12.3 Å². The van der Waals surface area contributed by atoms with Gasteiger partial charge in [0.1, 0.15) is 5.78 Å². The molecule has 1 atom stereocenters. The zero-order valence-electron chi connectivity index (χ0n) is 7.65. The van der Waals surface area contributed by atoms with Gasteiger partial charge in [-0.2, -0.15) is 13.2 Å². The Hall–Kier alpha value is -0.580. The Labute approximate surface area is 75.1 Å². The molecule has 0 aromatic rings. The maximum absolute atomic E-state index is 11.8. The van der Waals surface area contributed by atoms with E-state index in [0.717, 1.165) is 6.92 Å². The van der Waals surface area contributed by atoms with Gasteiger partial charge in [-0.05, 0) is 20.3 Å². The number of alkyl halides is 3. The molecule has 0 fully saturated rings. The van der Waals surface area contributed by atoms with Crippen LogP contribution in [-0.4, -0.2) is 24.7 Å². The Morgan fingerprint density at radius 2 is 2.00 bits per heavy atom. The number of hydrogen-bond donors (Lipinski definition) is 0. The first-order valence-electron chi connectivity index (χ1n) is 4.02. The van der Waals surface area contributed by atoms with E-state index in [0.29, 0.717) is 6.42 Å². The van der Waals surface area contributed by atoms with E-state index in [4.69, 9.17) is 0 Å². The quantitative estimate of drug-likeness (QED) is 0.634. The van der Waals surface area contributed by atoms with Gasteiger partial charge < -0.3 is 9.53 Å². The second kappa shape index (κ2) is 5.21. The van der Waals surface area contributed by atoms with Crippen LogP contribution < -0.4 is 0 Å². The maximum Gasteiger partial charge on any atom is 0.414 e. The molecule has 0 bridgehead atoms. The van der Waals surface area contributed by atoms with Gasteiger partial charge in [0.25, 0.3) is 0 Å². The molecule has 0 saturated heterocycles. The average Bonchev–Trinajstić information content (AvgIpc) is 1.95. The van der Waals surface area contributed by atoms with Crippen molar-refractivity contribution in [2.45, 2.75) is 39.0 Å². The largest absolute Gasteiger partial charge is 0.414 e. The van der Waals surface area contributed by atoms with Crippen LogP contribution in [0.15, 0.2) is 0 Å². The maximum atomic E-state index is 11.8. The highest BCUT2D eigenvalue weighted by atomic mass is 19.4. The summed E-state index contributed by atoms with van der Waals surface area (Å²) in [6.07, 6.45) is -5.45. The van der Waals surface area contributed by atoms with Crippen LogP contribution in [0, 0.1) is 0 Å². The lowest BCUT2D eigenvalue weighted by molar-refractivity contribution is -0.214. The predicted molar refractivity (Wildman–Crippen MR) is 41.4 cm³/mol. The third kappa shape index (κ3) is 6.57. The Morgan fingerprint density at radius 1 is 1.46 bits per heavy atom. The molecule has 1 unspecified atom stereocenters. The Morgan fingerprint density at radius 3 is 2.38 bits per heavy atom. The van der Waals surface area contributed by atoms with Gasteiger partial charge in [-0.15, -0.1) is 0 Å². The van der Waals surface area contributed by atoms with Crippen molar-refractivity contribution in [3.05, 3.63) is 0 Å². The topological polar surface area (TPSA) is 26.3 Å². The minimum atomic E-state index is -4.31. The van der Waals surface area contributed by atoms with Crippen LogP contribution in [0.2, 0.25) is 0 Å². The molecular formula is C8H13F3O2. The summed E-state index contributed by atoms with van der Waals surface area (Å²) in [4.78, 5) is 10.4. The third-order valence-corrected chi connectivity index (χ3v) is 1.50. The van der Waals surface area contributed by atoms with Gasteiger partial charge in [0, 0.05) is 13.0 Å². The van der Waals surface area contributed by atoms with Gasteiger partial charge >= 0.3 is 6.18 Å². The fraction of sp³-hybridized carbons (Fsp3) is 0.875. The standard InChI is InChI=1S/C8H13F3O2/c1-6(12)4-3-5-13-7(2)8(9,10)11/h7H,3-5H2,1-2H3. The lowest BCUT2D eigenvalue weighted by Gasteiger charge is -2.15. The van der Waals surface area contributed by atoms with E-state index in [1.165, 1.54) is 6.92 Å². The Balaban J connectivity index is 3.49. The Bertz CT molecular complexity index is 165. The minimum Gasteiger partial charge on any atom is -0.369 e. The molecule has 0 saturated carbocycles. The van der Waals surface area contributed by atoms with Crippen LogP contribution in [0.5, 0.6) is 0 Å². The number of ketones is 1. The van der Waals surface area contributed by atoms with Crippen molar-refractivity contribution in [3.63, 3.8) is 0 Å². The van der Waals surface area contributed by atoms with Crippen molar-refractivity contribution in [2.75, 3.05) is 6.61 Å². The molecule has 0 aromatic carbocycles. The highest BCUT2D eigenvalue weighted by Gasteiger charge is 2.36. The Kier molecular flexibility index (Phi) is 4.98. The first-order valence-corrected chi connectivity index (χ1v) is 4.02. The number of carbonyl (C=O) groups excluding carboxylic acids is 1. The molecular weight excluding hydrogens is 185 g/mol. The summed E-state index contributed by atoms with van der Waals surface area (Å²) in [5, 5.41) is 0. The summed E-state index contributed by atoms with van der Waals surface area (Å²) in [6.45, 7) is 2.32. The molecule has 0 heterocycles. The van der Waals surface area contributed by atoms with E-state index in [-0.39, 0.29) is 18.8 Å². The second-order valence-corrected chi connectivity index (χ2v) is 2.86. The summed E-state index contributed by atoms with van der Waals surface area (Å²) in [5.74, 6) is -0.0386. The van der Waals surface area contributed by atoms with Gasteiger partial charge in [0.05, 0.1) is 0 Å². The molecule has 0 aliphatic heterocycles. The highest BCUT2D eigenvalue weighted by Crippen LogP contribution is 2.22. The van der Waals surface area contributed by atoms with Crippen LogP contribution in [0.3, 0.4) is 0 Å². The minimum absolute atomic E-state index is 0.0275. The molecule has 0 radical (unpaired) electrons. The molecule has 0 aliphatic rings. The summed E-state index contributed by atoms with van der Waals surface area (Å²) in [7, 11) is 0. The van der Waals surface area contributed by atoms with Gasteiger partial charge in [0.2, 0.25) is 0 Å². The zero-order chi connectivity index (χ0) is 10.5. The van der Waals surface area contributed by atoms with E-state index in [9.17, 15) is 18.0 Å². The van der Waals surface area contributed by atoms with Crippen molar-refractivity contribution >= 4 is 5.78 Å². The molecule has 0 rings (SSSR count). The molecule has 0 spiro atoms. The average molecular weight is 198 g/mol. The monoisotopic (exact) mass is 198 g/mol. The first-order chi connectivity index (χ1) is 5.84. The molecule has 2 nitrogen and oxygen atoms in total. The van der Waals surface area contributed by atoms with Gasteiger partial charge in [-0.25, -0.2) is 0 Å². The number of Topliss-reactive ketones (excluding diaryl/α,β-unsaturated/α-hetero) is 1. The summed E-state index contributed by atoms with van der Waals surface area (Å²) >= 11 is 0. The van der Waals surface area contributed by atoms with Crippen molar-refractivity contribution in [1.82, 2.24) is 0 Å². The number of carbonyl (C=O) groups is 1. The van der Waals surface area contributed by atoms with Crippen LogP contribution >= 0.6 is 0 Å². The SMILES string of the molecule is CC(=O)CCCOC(C)C(F)(F)F. The summed E-state index contributed by atoms with van der Waals surface area (Å²) in [6, 6.07) is 0. The van der Waals surface area contributed by atoms with Gasteiger partial charge in [0.15, 0.2) is 6.10 Å². The lowest BCUT2D eigenvalue weighted by atomic mass is 10.2. The van der Waals surface area contributed by atoms with E-state index in [1.807, 2.05) is 0 Å². The molecule has 5 heteroatoms. The number of ether oxygens (including phenoxy) is 1. The number of halogens is 3. The molecule has 0 N–H and O–H groups in total. The van der Waals surface area contributed by atoms with E-state index in [1.54, 1.807) is 0 Å². The van der Waals surface area contributed by atoms with Crippen molar-refractivity contribution in [3.8, 4) is 0 Å². The molecule has 13 heavy (non-hydrogen) atoms. The smallest absolute Gasteiger partial charge is 0.369 e. The van der Waals surface area contributed by atoms with Crippen LogP contribution in [0.4, 0.5) is 13.2 Å². The predicted octanol–water partition coefficient (Wildman–Crippen LogP) is 2.32. The van der Waals surface area contributed by atoms with Gasteiger partial charge in [-0.1, -0.05) is 0 Å². The van der Waals surface area contributed by atoms with Crippen molar-refractivity contribution in [1.29, 1.82) is 0 Å². The fourth-order valence-corrected chi connectivity index (χ4v) is 0.676. The van der Waals surface area contributed by atoms with Crippen LogP contribution in [0.1, 0.15) is 26.7 Å². The third-order valence-electron chi connectivity index (χ3n) is 1.50. The van der Waals surface area contributed by atoms with E-state index >= 15 is 0 Å². The van der Waals surface area contributed by atoms with E-state index in [2.05, 4.69) is 4.74 Å². The number of rotatable bonds is 5. The molecule has 0 aliphatic carbocycles. The fourth-order valence-electron chi connectivity index (χ4n) is 0.676. The van der Waals surface area contributed by atoms with Crippen LogP contribution in [-0.2, 0) is 9.53 Å². The second-order valence-electron chi connectivity index (χ2n) is 2.86. The zero-order valence-corrected chi connectivity index (χ0v) is 7.65. The van der Waals surface area contributed by atoms with Crippen LogP contribution in [0.25, 0.3) is 0 Å².